The highest BCUT2D eigenvalue weighted by atomic mass is 32.2. The molecule has 0 radical (unpaired) electrons. The summed E-state index contributed by atoms with van der Waals surface area (Å²) in [5, 5.41) is 14.1. The minimum atomic E-state index is -2.96. The Morgan fingerprint density at radius 3 is 2.60 bits per heavy atom. The third-order valence-corrected chi connectivity index (χ3v) is 5.05. The van der Waals surface area contributed by atoms with Crippen LogP contribution >= 0.6 is 0 Å². The first-order valence-electron chi connectivity index (χ1n) is 6.63. The molecular formula is C12H22N4O3S. The summed E-state index contributed by atoms with van der Waals surface area (Å²) in [6.07, 6.45) is 0.549. The molecule has 1 aromatic rings. The van der Waals surface area contributed by atoms with Gasteiger partial charge in [0, 0.05) is 5.54 Å². The van der Waals surface area contributed by atoms with Crippen molar-refractivity contribution >= 4 is 15.9 Å². The van der Waals surface area contributed by atoms with Crippen LogP contribution in [0.25, 0.3) is 0 Å². The summed E-state index contributed by atoms with van der Waals surface area (Å²) in [7, 11) is -2.96. The first-order valence-corrected chi connectivity index (χ1v) is 8.45. The highest BCUT2D eigenvalue weighted by Gasteiger charge is 2.39. The number of rotatable bonds is 4. The molecule has 1 atom stereocenters. The van der Waals surface area contributed by atoms with Crippen molar-refractivity contribution in [1.29, 1.82) is 0 Å². The SMILES string of the molecule is CC(C)(C)NCc1nnc(NC2(C)CCS(=O)(=O)C2)o1. The summed E-state index contributed by atoms with van der Waals surface area (Å²) in [4.78, 5) is 0. The number of anilines is 1. The summed E-state index contributed by atoms with van der Waals surface area (Å²) in [5.74, 6) is 0.771. The van der Waals surface area contributed by atoms with Crippen LogP contribution in [0.5, 0.6) is 0 Å². The van der Waals surface area contributed by atoms with Gasteiger partial charge in [0.25, 0.3) is 0 Å². The smallest absolute Gasteiger partial charge is 0.315 e. The second-order valence-electron chi connectivity index (χ2n) is 6.63. The van der Waals surface area contributed by atoms with Crippen LogP contribution in [0, 0.1) is 0 Å². The van der Waals surface area contributed by atoms with E-state index < -0.39 is 15.4 Å². The summed E-state index contributed by atoms with van der Waals surface area (Å²) in [5.41, 5.74) is -0.562. The van der Waals surface area contributed by atoms with Crippen molar-refractivity contribution in [1.82, 2.24) is 15.5 Å². The van der Waals surface area contributed by atoms with Crippen molar-refractivity contribution in [3.8, 4) is 0 Å². The number of nitrogens with zero attached hydrogens (tertiary/aromatic N) is 2. The Morgan fingerprint density at radius 2 is 2.05 bits per heavy atom. The lowest BCUT2D eigenvalue weighted by atomic mass is 10.0. The van der Waals surface area contributed by atoms with Crippen LogP contribution < -0.4 is 10.6 Å². The normalized spacial score (nSPS) is 25.8. The Morgan fingerprint density at radius 1 is 1.35 bits per heavy atom. The molecule has 1 saturated heterocycles. The van der Waals surface area contributed by atoms with Crippen molar-refractivity contribution in [3.63, 3.8) is 0 Å². The number of hydrogen-bond donors (Lipinski definition) is 2. The molecule has 8 heteroatoms. The first kappa shape index (κ1) is 15.2. The molecule has 114 valence electrons. The highest BCUT2D eigenvalue weighted by Crippen LogP contribution is 2.26. The van der Waals surface area contributed by atoms with Gasteiger partial charge < -0.3 is 15.1 Å². The van der Waals surface area contributed by atoms with Crippen LogP contribution in [0.3, 0.4) is 0 Å². The minimum Gasteiger partial charge on any atom is -0.407 e. The zero-order valence-electron chi connectivity index (χ0n) is 12.4. The fraction of sp³-hybridized carbons (Fsp3) is 0.833. The molecule has 0 spiro atoms. The van der Waals surface area contributed by atoms with E-state index in [0.717, 1.165) is 0 Å². The zero-order valence-corrected chi connectivity index (χ0v) is 13.2. The van der Waals surface area contributed by atoms with Crippen LogP contribution in [0.2, 0.25) is 0 Å². The van der Waals surface area contributed by atoms with Gasteiger partial charge in [0.05, 0.1) is 23.6 Å². The molecule has 0 aromatic carbocycles. The number of sulfone groups is 1. The molecule has 1 fully saturated rings. The van der Waals surface area contributed by atoms with Gasteiger partial charge in [0.1, 0.15) is 0 Å². The molecular weight excluding hydrogens is 280 g/mol. The quantitative estimate of drug-likeness (QED) is 0.854. The molecule has 0 amide bonds. The lowest BCUT2D eigenvalue weighted by Crippen LogP contribution is -2.36. The Balaban J connectivity index is 1.96. The maximum atomic E-state index is 11.5. The van der Waals surface area contributed by atoms with E-state index in [9.17, 15) is 8.42 Å². The van der Waals surface area contributed by atoms with Crippen LogP contribution in [0.1, 0.15) is 40.0 Å². The van der Waals surface area contributed by atoms with E-state index in [1.54, 1.807) is 0 Å². The van der Waals surface area contributed by atoms with Crippen LogP contribution in [-0.2, 0) is 16.4 Å². The maximum absolute atomic E-state index is 11.5. The second-order valence-corrected chi connectivity index (χ2v) is 8.82. The highest BCUT2D eigenvalue weighted by molar-refractivity contribution is 7.91. The molecule has 2 rings (SSSR count). The molecule has 7 nitrogen and oxygen atoms in total. The van der Waals surface area contributed by atoms with Crippen LogP contribution in [0.4, 0.5) is 6.01 Å². The van der Waals surface area contributed by atoms with Gasteiger partial charge in [-0.2, -0.15) is 0 Å². The predicted molar refractivity (Wildman–Crippen MR) is 76.2 cm³/mol. The van der Waals surface area contributed by atoms with Gasteiger partial charge in [-0.25, -0.2) is 8.42 Å². The molecule has 1 aromatic heterocycles. The van der Waals surface area contributed by atoms with Crippen molar-refractivity contribution in [3.05, 3.63) is 5.89 Å². The van der Waals surface area contributed by atoms with E-state index in [1.807, 2.05) is 27.7 Å². The van der Waals surface area contributed by atoms with Gasteiger partial charge in [-0.1, -0.05) is 5.10 Å². The van der Waals surface area contributed by atoms with Gasteiger partial charge in [-0.15, -0.1) is 5.10 Å². The summed E-state index contributed by atoms with van der Waals surface area (Å²) in [6.45, 7) is 8.48. The molecule has 1 unspecified atom stereocenters. The molecule has 2 heterocycles. The topological polar surface area (TPSA) is 97.1 Å². The number of hydrogen-bond acceptors (Lipinski definition) is 7. The third kappa shape index (κ3) is 4.17. The fourth-order valence-electron chi connectivity index (χ4n) is 2.08. The lowest BCUT2D eigenvalue weighted by molar-refractivity contribution is 0.381. The van der Waals surface area contributed by atoms with Gasteiger partial charge in [-0.05, 0) is 34.1 Å². The van der Waals surface area contributed by atoms with E-state index in [-0.39, 0.29) is 23.1 Å². The van der Waals surface area contributed by atoms with Crippen LogP contribution in [0.15, 0.2) is 4.42 Å². The average Bonchev–Trinajstić information content (AvgIpc) is 2.80. The monoisotopic (exact) mass is 302 g/mol. The second kappa shape index (κ2) is 5.00. The van der Waals surface area contributed by atoms with Crippen molar-refractivity contribution in [2.75, 3.05) is 16.8 Å². The van der Waals surface area contributed by atoms with E-state index in [1.165, 1.54) is 0 Å². The fourth-order valence-corrected chi connectivity index (χ4v) is 4.18. The van der Waals surface area contributed by atoms with Crippen molar-refractivity contribution in [2.24, 2.45) is 0 Å². The molecule has 1 aliphatic heterocycles. The van der Waals surface area contributed by atoms with Gasteiger partial charge >= 0.3 is 6.01 Å². The maximum Gasteiger partial charge on any atom is 0.315 e. The lowest BCUT2D eigenvalue weighted by Gasteiger charge is -2.22. The summed E-state index contributed by atoms with van der Waals surface area (Å²) in [6, 6.07) is 0.273. The summed E-state index contributed by atoms with van der Waals surface area (Å²) >= 11 is 0. The van der Waals surface area contributed by atoms with E-state index in [4.69, 9.17) is 4.42 Å². The van der Waals surface area contributed by atoms with E-state index in [0.29, 0.717) is 18.9 Å². The van der Waals surface area contributed by atoms with Gasteiger partial charge in [0.15, 0.2) is 9.84 Å². The van der Waals surface area contributed by atoms with Crippen LogP contribution in [-0.4, -0.2) is 41.2 Å². The standard InChI is InChI=1S/C12H22N4O3S/c1-11(2,3)13-7-9-15-16-10(19-9)14-12(4)5-6-20(17,18)8-12/h13H,5-8H2,1-4H3,(H,14,16). The van der Waals surface area contributed by atoms with E-state index in [2.05, 4.69) is 20.8 Å². The third-order valence-electron chi connectivity index (χ3n) is 3.15. The Bertz CT molecular complexity index is 576. The summed E-state index contributed by atoms with van der Waals surface area (Å²) < 4.78 is 28.6. The molecule has 0 bridgehead atoms. The number of nitrogens with one attached hydrogen (secondary N) is 2. The van der Waals surface area contributed by atoms with Crippen molar-refractivity contribution < 1.29 is 12.8 Å². The number of aromatic nitrogens is 2. The predicted octanol–water partition coefficient (Wildman–Crippen LogP) is 0.947. The first-order chi connectivity index (χ1) is 9.07. The molecule has 20 heavy (non-hydrogen) atoms. The Hall–Kier alpha value is -1.15. The average molecular weight is 302 g/mol. The molecule has 1 aliphatic rings. The molecule has 0 saturated carbocycles. The van der Waals surface area contributed by atoms with Crippen molar-refractivity contribution in [2.45, 2.75) is 51.7 Å². The molecule has 2 N–H and O–H groups in total. The van der Waals surface area contributed by atoms with E-state index >= 15 is 0 Å². The largest absolute Gasteiger partial charge is 0.407 e. The van der Waals surface area contributed by atoms with Gasteiger partial charge in [0.2, 0.25) is 5.89 Å². The Kier molecular flexibility index (Phi) is 3.81. The zero-order chi connectivity index (χ0) is 15.0. The Labute approximate surface area is 119 Å². The minimum absolute atomic E-state index is 0.0342. The van der Waals surface area contributed by atoms with Gasteiger partial charge in [-0.3, -0.25) is 0 Å². The molecule has 0 aliphatic carbocycles.